The lowest BCUT2D eigenvalue weighted by Gasteiger charge is -2.24. The van der Waals surface area contributed by atoms with Crippen molar-refractivity contribution in [1.29, 1.82) is 0 Å². The number of rotatable bonds is 4. The Hall–Kier alpha value is -2.70. The number of hydrogen-bond donors (Lipinski definition) is 1. The number of benzene rings is 2. The Bertz CT molecular complexity index is 903. The van der Waals surface area contributed by atoms with Crippen LogP contribution < -0.4 is 5.32 Å². The van der Waals surface area contributed by atoms with E-state index in [0.717, 1.165) is 22.3 Å². The maximum Gasteiger partial charge on any atom is 0.516 e. The van der Waals surface area contributed by atoms with E-state index >= 15 is 0 Å². The second-order valence-corrected chi connectivity index (χ2v) is 8.76. The summed E-state index contributed by atoms with van der Waals surface area (Å²) in [4.78, 5) is 24.5. The summed E-state index contributed by atoms with van der Waals surface area (Å²) in [6.07, 6.45) is -0.596. The van der Waals surface area contributed by atoms with Gasteiger partial charge in [0.2, 0.25) is 0 Å². The predicted molar refractivity (Wildman–Crippen MR) is 112 cm³/mol. The van der Waals surface area contributed by atoms with E-state index in [2.05, 4.69) is 17.4 Å². The fraction of sp³-hybridized carbons (Fsp3) is 0.417. The van der Waals surface area contributed by atoms with E-state index in [-0.39, 0.29) is 24.2 Å². The summed E-state index contributed by atoms with van der Waals surface area (Å²) in [6.45, 7) is 6.57. The number of hydrogen-bond acceptors (Lipinski definition) is 6. The molecular weight excluding hydrogens is 382 g/mol. The quantitative estimate of drug-likeness (QED) is 0.607. The lowest BCUT2D eigenvalue weighted by atomic mass is 9.98. The number of fused-ring (bicyclic) bond motifs is 3. The zero-order valence-electron chi connectivity index (χ0n) is 17.5. The Morgan fingerprint density at radius 3 is 2.20 bits per heavy atom. The van der Waals surface area contributed by atoms with Crippen LogP contribution in [0, 0.1) is 0 Å². The van der Waals surface area contributed by atoms with Crippen LogP contribution in [0.25, 0.3) is 11.1 Å². The standard InChI is InChI=1S/C24H27NO5/c1-24(2,3)30-15-12-21(25-13-15)22(26)29-23(27)28-14-20-18-10-6-4-8-16(18)17-9-5-7-11-19(17)20/h4-11,15,20-21,25H,12-14H2,1-3H3/t15-,21+/m1/s1. The molecule has 0 bridgehead atoms. The molecule has 2 aliphatic rings. The first-order valence-electron chi connectivity index (χ1n) is 10.3. The smallest absolute Gasteiger partial charge is 0.433 e. The normalized spacial score (nSPS) is 20.5. The van der Waals surface area contributed by atoms with Crippen LogP contribution in [-0.2, 0) is 19.0 Å². The summed E-state index contributed by atoms with van der Waals surface area (Å²) < 4.78 is 16.1. The second kappa shape index (κ2) is 8.20. The van der Waals surface area contributed by atoms with Crippen molar-refractivity contribution in [3.63, 3.8) is 0 Å². The van der Waals surface area contributed by atoms with E-state index in [9.17, 15) is 9.59 Å². The molecule has 1 saturated heterocycles. The molecule has 4 rings (SSSR count). The zero-order valence-corrected chi connectivity index (χ0v) is 17.5. The largest absolute Gasteiger partial charge is 0.516 e. The number of ether oxygens (including phenoxy) is 3. The zero-order chi connectivity index (χ0) is 21.3. The molecule has 6 heteroatoms. The molecule has 2 aromatic rings. The highest BCUT2D eigenvalue weighted by Gasteiger charge is 2.35. The summed E-state index contributed by atoms with van der Waals surface area (Å²) >= 11 is 0. The van der Waals surface area contributed by atoms with Gasteiger partial charge in [-0.2, -0.15) is 0 Å². The third kappa shape index (κ3) is 4.40. The van der Waals surface area contributed by atoms with Gasteiger partial charge < -0.3 is 19.5 Å². The number of esters is 1. The molecule has 0 unspecified atom stereocenters. The minimum absolute atomic E-state index is 0.0748. The molecule has 0 amide bonds. The van der Waals surface area contributed by atoms with Gasteiger partial charge in [-0.25, -0.2) is 9.59 Å². The van der Waals surface area contributed by atoms with Crippen LogP contribution in [0.3, 0.4) is 0 Å². The highest BCUT2D eigenvalue weighted by atomic mass is 16.7. The van der Waals surface area contributed by atoms with E-state index in [0.29, 0.717) is 13.0 Å². The molecule has 0 saturated carbocycles. The van der Waals surface area contributed by atoms with Crippen LogP contribution >= 0.6 is 0 Å². The van der Waals surface area contributed by atoms with Gasteiger partial charge in [-0.05, 0) is 43.0 Å². The summed E-state index contributed by atoms with van der Waals surface area (Å²) in [5.74, 6) is -0.707. The third-order valence-corrected chi connectivity index (χ3v) is 5.41. The Balaban J connectivity index is 1.33. The van der Waals surface area contributed by atoms with Crippen molar-refractivity contribution in [2.24, 2.45) is 0 Å². The monoisotopic (exact) mass is 409 g/mol. The van der Waals surface area contributed by atoms with Crippen LogP contribution in [0.4, 0.5) is 4.79 Å². The molecule has 158 valence electrons. The second-order valence-electron chi connectivity index (χ2n) is 8.76. The van der Waals surface area contributed by atoms with Crippen LogP contribution in [0.2, 0.25) is 0 Å². The molecule has 1 aliphatic heterocycles. The molecular formula is C24H27NO5. The minimum atomic E-state index is -0.969. The van der Waals surface area contributed by atoms with Gasteiger partial charge >= 0.3 is 12.1 Å². The van der Waals surface area contributed by atoms with Gasteiger partial charge in [-0.15, -0.1) is 0 Å². The van der Waals surface area contributed by atoms with Crippen molar-refractivity contribution < 1.29 is 23.8 Å². The first kappa shape index (κ1) is 20.6. The third-order valence-electron chi connectivity index (χ3n) is 5.41. The molecule has 1 N–H and O–H groups in total. The fourth-order valence-corrected chi connectivity index (χ4v) is 4.25. The molecule has 1 fully saturated rings. The average molecular weight is 409 g/mol. The Labute approximate surface area is 176 Å². The van der Waals surface area contributed by atoms with E-state index < -0.39 is 18.2 Å². The van der Waals surface area contributed by atoms with Crippen LogP contribution in [0.1, 0.15) is 44.2 Å². The molecule has 2 atom stereocenters. The molecule has 1 aliphatic carbocycles. The molecule has 0 aromatic heterocycles. The van der Waals surface area contributed by atoms with Crippen LogP contribution in [0.5, 0.6) is 0 Å². The Morgan fingerprint density at radius 2 is 1.60 bits per heavy atom. The first-order valence-corrected chi connectivity index (χ1v) is 10.3. The predicted octanol–water partition coefficient (Wildman–Crippen LogP) is 4.02. The Kier molecular flexibility index (Phi) is 5.62. The summed E-state index contributed by atoms with van der Waals surface area (Å²) in [5.41, 5.74) is 4.21. The first-order chi connectivity index (χ1) is 14.3. The molecule has 1 heterocycles. The van der Waals surface area contributed by atoms with Crippen molar-refractivity contribution in [3.8, 4) is 11.1 Å². The van der Waals surface area contributed by atoms with Crippen molar-refractivity contribution in [3.05, 3.63) is 59.7 Å². The highest BCUT2D eigenvalue weighted by molar-refractivity contribution is 5.86. The SMILES string of the molecule is CC(C)(C)O[C@H]1CN[C@H](C(=O)OC(=O)OCC2c3ccccc3-c3ccccc32)C1. The van der Waals surface area contributed by atoms with Crippen molar-refractivity contribution in [2.45, 2.75) is 50.9 Å². The van der Waals surface area contributed by atoms with Gasteiger partial charge in [0, 0.05) is 18.9 Å². The van der Waals surface area contributed by atoms with Crippen molar-refractivity contribution in [1.82, 2.24) is 5.32 Å². The summed E-state index contributed by atoms with van der Waals surface area (Å²) in [6, 6.07) is 15.6. The fourth-order valence-electron chi connectivity index (χ4n) is 4.25. The highest BCUT2D eigenvalue weighted by Crippen LogP contribution is 2.44. The lowest BCUT2D eigenvalue weighted by molar-refractivity contribution is -0.142. The molecule has 0 spiro atoms. The van der Waals surface area contributed by atoms with Gasteiger partial charge in [-0.3, -0.25) is 0 Å². The van der Waals surface area contributed by atoms with Gasteiger partial charge in [-0.1, -0.05) is 48.5 Å². The molecule has 0 radical (unpaired) electrons. The van der Waals surface area contributed by atoms with Gasteiger partial charge in [0.25, 0.3) is 0 Å². The maximum absolute atomic E-state index is 12.3. The van der Waals surface area contributed by atoms with Crippen LogP contribution in [-0.4, -0.2) is 43.0 Å². The lowest BCUT2D eigenvalue weighted by Crippen LogP contribution is -2.34. The molecule has 6 nitrogen and oxygen atoms in total. The van der Waals surface area contributed by atoms with E-state index in [1.165, 1.54) is 0 Å². The van der Waals surface area contributed by atoms with Crippen molar-refractivity contribution in [2.75, 3.05) is 13.2 Å². The van der Waals surface area contributed by atoms with E-state index in [1.54, 1.807) is 0 Å². The Morgan fingerprint density at radius 1 is 1.00 bits per heavy atom. The number of carbonyl (C=O) groups is 2. The van der Waals surface area contributed by atoms with Gasteiger partial charge in [0.1, 0.15) is 12.6 Å². The minimum Gasteiger partial charge on any atom is -0.433 e. The van der Waals surface area contributed by atoms with E-state index in [4.69, 9.17) is 14.2 Å². The summed E-state index contributed by atoms with van der Waals surface area (Å²) in [7, 11) is 0. The maximum atomic E-state index is 12.3. The van der Waals surface area contributed by atoms with Crippen molar-refractivity contribution >= 4 is 12.1 Å². The van der Waals surface area contributed by atoms with Gasteiger partial charge in [0.15, 0.2) is 0 Å². The number of carbonyl (C=O) groups excluding carboxylic acids is 2. The number of nitrogens with one attached hydrogen (secondary N) is 1. The average Bonchev–Trinajstić information content (AvgIpc) is 3.28. The topological polar surface area (TPSA) is 73.9 Å². The molecule has 2 aromatic carbocycles. The van der Waals surface area contributed by atoms with Gasteiger partial charge in [0.05, 0.1) is 11.7 Å². The summed E-state index contributed by atoms with van der Waals surface area (Å²) in [5, 5.41) is 3.05. The van der Waals surface area contributed by atoms with E-state index in [1.807, 2.05) is 57.2 Å². The molecule has 30 heavy (non-hydrogen) atoms. The van der Waals surface area contributed by atoms with Crippen LogP contribution in [0.15, 0.2) is 48.5 Å².